The van der Waals surface area contributed by atoms with E-state index in [0.29, 0.717) is 0 Å². The fourth-order valence-electron chi connectivity index (χ4n) is 1.12. The minimum atomic E-state index is 1.05. The fourth-order valence-corrected chi connectivity index (χ4v) is 1.12. The summed E-state index contributed by atoms with van der Waals surface area (Å²) in [5.74, 6) is 0. The molecule has 14 heavy (non-hydrogen) atoms. The number of nitrogens with zero attached hydrogens (tertiary/aromatic N) is 1. The van der Waals surface area contributed by atoms with Gasteiger partial charge in [-0.2, -0.15) is 0 Å². The van der Waals surface area contributed by atoms with Gasteiger partial charge in [-0.05, 0) is 26.1 Å². The molecule has 0 aliphatic rings. The maximum Gasteiger partial charge on any atom is 0.0230 e. The molecule has 0 aliphatic carbocycles. The quantitative estimate of drug-likeness (QED) is 0.710. The summed E-state index contributed by atoms with van der Waals surface area (Å²) in [6.07, 6.45) is 0. The molecule has 0 aliphatic heterocycles. The highest BCUT2D eigenvalue weighted by Crippen LogP contribution is 2.05. The second-order valence-electron chi connectivity index (χ2n) is 3.32. The largest absolute Gasteiger partial charge is 0.302 e. The Kier molecular flexibility index (Phi) is 7.13. The molecule has 0 spiro atoms. The van der Waals surface area contributed by atoms with Crippen molar-refractivity contribution < 1.29 is 0 Å². The van der Waals surface area contributed by atoms with E-state index in [9.17, 15) is 0 Å². The number of rotatable bonds is 3. The van der Waals surface area contributed by atoms with Crippen molar-refractivity contribution in [3.05, 3.63) is 35.4 Å². The molecule has 80 valence electrons. The van der Waals surface area contributed by atoms with Gasteiger partial charge in [0.15, 0.2) is 0 Å². The number of benzene rings is 1. The molecule has 1 aromatic carbocycles. The van der Waals surface area contributed by atoms with Crippen molar-refractivity contribution in [2.75, 3.05) is 13.6 Å². The van der Waals surface area contributed by atoms with E-state index in [-0.39, 0.29) is 0 Å². The van der Waals surface area contributed by atoms with Crippen LogP contribution in [0.15, 0.2) is 24.3 Å². The van der Waals surface area contributed by atoms with Crippen LogP contribution >= 0.6 is 0 Å². The highest BCUT2D eigenvalue weighted by Gasteiger charge is 1.95. The molecule has 0 fully saturated rings. The molecule has 0 radical (unpaired) electrons. The summed E-state index contributed by atoms with van der Waals surface area (Å²) in [5, 5.41) is 0. The zero-order valence-corrected chi connectivity index (χ0v) is 10.2. The zero-order valence-electron chi connectivity index (χ0n) is 10.2. The molecule has 0 atom stereocenters. The van der Waals surface area contributed by atoms with E-state index in [1.54, 1.807) is 0 Å². The van der Waals surface area contributed by atoms with Crippen LogP contribution in [-0.4, -0.2) is 18.5 Å². The molecule has 1 rings (SSSR count). The second-order valence-corrected chi connectivity index (χ2v) is 3.32. The number of hydrogen-bond donors (Lipinski definition) is 0. The van der Waals surface area contributed by atoms with E-state index < -0.39 is 0 Å². The van der Waals surface area contributed by atoms with Gasteiger partial charge in [-0.25, -0.2) is 0 Å². The van der Waals surface area contributed by atoms with E-state index in [1.165, 1.54) is 11.1 Å². The summed E-state index contributed by atoms with van der Waals surface area (Å²) in [4.78, 5) is 2.30. The second kappa shape index (κ2) is 7.57. The van der Waals surface area contributed by atoms with Crippen LogP contribution in [0.25, 0.3) is 0 Å². The third-order valence-electron chi connectivity index (χ3n) is 2.11. The van der Waals surface area contributed by atoms with Gasteiger partial charge in [0.1, 0.15) is 0 Å². The van der Waals surface area contributed by atoms with Crippen LogP contribution in [0.5, 0.6) is 0 Å². The molecular formula is C13H23N. The molecule has 0 bridgehead atoms. The lowest BCUT2D eigenvalue weighted by Gasteiger charge is -2.13. The van der Waals surface area contributed by atoms with Crippen LogP contribution < -0.4 is 0 Å². The Bertz CT molecular complexity index is 225. The SMILES string of the molecule is CC.CCN(C)Cc1ccc(C)cc1. The van der Waals surface area contributed by atoms with Gasteiger partial charge in [-0.1, -0.05) is 50.6 Å². The van der Waals surface area contributed by atoms with Gasteiger partial charge in [0.05, 0.1) is 0 Å². The average Bonchev–Trinajstić information content (AvgIpc) is 2.24. The van der Waals surface area contributed by atoms with Crippen molar-refractivity contribution in [3.63, 3.8) is 0 Å². The first-order valence-corrected chi connectivity index (χ1v) is 5.46. The van der Waals surface area contributed by atoms with Crippen molar-refractivity contribution >= 4 is 0 Å². The molecule has 1 nitrogen and oxygen atoms in total. The van der Waals surface area contributed by atoms with Gasteiger partial charge >= 0.3 is 0 Å². The van der Waals surface area contributed by atoms with Gasteiger partial charge < -0.3 is 4.90 Å². The highest BCUT2D eigenvalue weighted by molar-refractivity contribution is 5.21. The van der Waals surface area contributed by atoms with Crippen molar-refractivity contribution in [2.24, 2.45) is 0 Å². The lowest BCUT2D eigenvalue weighted by atomic mass is 10.1. The molecule has 1 aromatic rings. The van der Waals surface area contributed by atoms with E-state index in [4.69, 9.17) is 0 Å². The summed E-state index contributed by atoms with van der Waals surface area (Å²) >= 11 is 0. The number of hydrogen-bond acceptors (Lipinski definition) is 1. The predicted molar refractivity (Wildman–Crippen MR) is 64.5 cm³/mol. The average molecular weight is 193 g/mol. The summed E-state index contributed by atoms with van der Waals surface area (Å²) < 4.78 is 0. The Hall–Kier alpha value is -0.820. The first-order chi connectivity index (χ1) is 6.72. The minimum Gasteiger partial charge on any atom is -0.302 e. The molecule has 0 unspecified atom stereocenters. The molecule has 1 heteroatoms. The normalized spacial score (nSPS) is 9.57. The lowest BCUT2D eigenvalue weighted by molar-refractivity contribution is 0.346. The molecule has 0 aromatic heterocycles. The van der Waals surface area contributed by atoms with Gasteiger partial charge in [-0.3, -0.25) is 0 Å². The Morgan fingerprint density at radius 3 is 2.00 bits per heavy atom. The third-order valence-corrected chi connectivity index (χ3v) is 2.11. The first-order valence-electron chi connectivity index (χ1n) is 5.46. The highest BCUT2D eigenvalue weighted by atomic mass is 15.1. The summed E-state index contributed by atoms with van der Waals surface area (Å²) in [6, 6.07) is 8.72. The van der Waals surface area contributed by atoms with Crippen LogP contribution in [-0.2, 0) is 6.54 Å². The van der Waals surface area contributed by atoms with E-state index >= 15 is 0 Å². The van der Waals surface area contributed by atoms with Gasteiger partial charge in [0.2, 0.25) is 0 Å². The zero-order chi connectivity index (χ0) is 11.0. The van der Waals surface area contributed by atoms with Crippen molar-refractivity contribution in [2.45, 2.75) is 34.2 Å². The van der Waals surface area contributed by atoms with E-state index in [0.717, 1.165) is 13.1 Å². The molecule has 0 heterocycles. The van der Waals surface area contributed by atoms with Gasteiger partial charge in [0.25, 0.3) is 0 Å². The van der Waals surface area contributed by atoms with Crippen LogP contribution in [0.4, 0.5) is 0 Å². The minimum absolute atomic E-state index is 1.05. The summed E-state index contributed by atoms with van der Waals surface area (Å²) in [7, 11) is 2.14. The first kappa shape index (κ1) is 13.2. The van der Waals surface area contributed by atoms with Gasteiger partial charge in [-0.15, -0.1) is 0 Å². The predicted octanol–water partition coefficient (Wildman–Crippen LogP) is 3.47. The molecule has 0 N–H and O–H groups in total. The monoisotopic (exact) mass is 193 g/mol. The van der Waals surface area contributed by atoms with E-state index in [2.05, 4.69) is 50.1 Å². The van der Waals surface area contributed by atoms with Crippen LogP contribution in [0.3, 0.4) is 0 Å². The van der Waals surface area contributed by atoms with E-state index in [1.807, 2.05) is 13.8 Å². The van der Waals surface area contributed by atoms with Gasteiger partial charge in [0, 0.05) is 6.54 Å². The standard InChI is InChI=1S/C11H17N.C2H6/c1-4-12(3)9-11-7-5-10(2)6-8-11;1-2/h5-8H,4,9H2,1-3H3;1-2H3. The Labute approximate surface area is 88.8 Å². The Morgan fingerprint density at radius 1 is 1.07 bits per heavy atom. The van der Waals surface area contributed by atoms with Crippen LogP contribution in [0.1, 0.15) is 31.9 Å². The maximum absolute atomic E-state index is 2.30. The molecule has 0 saturated heterocycles. The lowest BCUT2D eigenvalue weighted by Crippen LogP contribution is -2.16. The summed E-state index contributed by atoms with van der Waals surface area (Å²) in [6.45, 7) is 10.5. The Morgan fingerprint density at radius 2 is 1.57 bits per heavy atom. The number of aryl methyl sites for hydroxylation is 1. The molecule has 0 saturated carbocycles. The van der Waals surface area contributed by atoms with Crippen LogP contribution in [0, 0.1) is 6.92 Å². The maximum atomic E-state index is 2.30. The van der Waals surface area contributed by atoms with Crippen molar-refractivity contribution in [3.8, 4) is 0 Å². The van der Waals surface area contributed by atoms with Crippen molar-refractivity contribution in [1.29, 1.82) is 0 Å². The third kappa shape index (κ3) is 5.03. The van der Waals surface area contributed by atoms with Crippen LogP contribution in [0.2, 0.25) is 0 Å². The van der Waals surface area contributed by atoms with Crippen molar-refractivity contribution in [1.82, 2.24) is 4.90 Å². The Balaban J connectivity index is 0.000000791. The fraction of sp³-hybridized carbons (Fsp3) is 0.538. The smallest absolute Gasteiger partial charge is 0.0230 e. The molecule has 0 amide bonds. The summed E-state index contributed by atoms with van der Waals surface area (Å²) in [5.41, 5.74) is 2.72. The topological polar surface area (TPSA) is 3.24 Å². The molecular weight excluding hydrogens is 170 g/mol.